The summed E-state index contributed by atoms with van der Waals surface area (Å²) in [6.45, 7) is 6.83. The van der Waals surface area contributed by atoms with Gasteiger partial charge in [0.1, 0.15) is 12.1 Å². The second kappa shape index (κ2) is 8.47. The average Bonchev–Trinajstić information content (AvgIpc) is 2.64. The monoisotopic (exact) mass is 347 g/mol. The van der Waals surface area contributed by atoms with Crippen molar-refractivity contribution in [3.8, 4) is 5.88 Å². The van der Waals surface area contributed by atoms with E-state index in [-0.39, 0.29) is 5.91 Å². The number of methoxy groups -OCH3 is 1. The number of hydrogen-bond donors (Lipinski definition) is 1. The van der Waals surface area contributed by atoms with E-state index in [1.54, 1.807) is 14.0 Å². The van der Waals surface area contributed by atoms with Gasteiger partial charge in [-0.3, -0.25) is 4.79 Å². The summed E-state index contributed by atoms with van der Waals surface area (Å²) >= 11 is 0. The Hall–Kier alpha value is -1.89. The number of anilines is 1. The topological polar surface area (TPSA) is 70.6 Å². The highest BCUT2D eigenvalue weighted by Crippen LogP contribution is 2.21. The Morgan fingerprint density at radius 2 is 2.08 bits per heavy atom. The van der Waals surface area contributed by atoms with Crippen LogP contribution in [0.2, 0.25) is 0 Å². The van der Waals surface area contributed by atoms with Crippen LogP contribution >= 0.6 is 0 Å². The van der Waals surface area contributed by atoms with E-state index in [1.165, 1.54) is 12.7 Å². The fourth-order valence-corrected chi connectivity index (χ4v) is 3.86. The van der Waals surface area contributed by atoms with Crippen molar-refractivity contribution in [2.75, 3.05) is 45.2 Å². The largest absolute Gasteiger partial charge is 0.481 e. The predicted molar refractivity (Wildman–Crippen MR) is 96.6 cm³/mol. The molecule has 1 aromatic heterocycles. The Bertz CT molecular complexity index is 574. The van der Waals surface area contributed by atoms with Gasteiger partial charge in [-0.2, -0.15) is 0 Å². The minimum atomic E-state index is 0.216. The third kappa shape index (κ3) is 5.04. The zero-order chi connectivity index (χ0) is 17.6. The summed E-state index contributed by atoms with van der Waals surface area (Å²) in [5, 5.41) is 3.49. The molecule has 138 valence electrons. The van der Waals surface area contributed by atoms with Gasteiger partial charge >= 0.3 is 0 Å². The zero-order valence-corrected chi connectivity index (χ0v) is 15.3. The normalized spacial score (nSPS) is 22.6. The van der Waals surface area contributed by atoms with Gasteiger partial charge in [0.15, 0.2) is 0 Å². The van der Waals surface area contributed by atoms with Gasteiger partial charge in [0.25, 0.3) is 0 Å². The van der Waals surface area contributed by atoms with Crippen LogP contribution in [0.1, 0.15) is 32.6 Å². The van der Waals surface area contributed by atoms with Crippen molar-refractivity contribution in [1.82, 2.24) is 19.8 Å². The van der Waals surface area contributed by atoms with Crippen LogP contribution in [0.25, 0.3) is 0 Å². The fourth-order valence-electron chi connectivity index (χ4n) is 3.86. The van der Waals surface area contributed by atoms with Crippen molar-refractivity contribution in [2.24, 2.45) is 5.92 Å². The first-order valence-electron chi connectivity index (χ1n) is 9.24. The van der Waals surface area contributed by atoms with E-state index in [4.69, 9.17) is 4.74 Å². The van der Waals surface area contributed by atoms with E-state index < -0.39 is 0 Å². The van der Waals surface area contributed by atoms with E-state index in [2.05, 4.69) is 20.2 Å². The molecule has 0 saturated carbocycles. The van der Waals surface area contributed by atoms with E-state index in [0.717, 1.165) is 57.8 Å². The summed E-state index contributed by atoms with van der Waals surface area (Å²) in [6, 6.07) is 2.28. The molecule has 1 aromatic rings. The number of aromatic nitrogens is 2. The van der Waals surface area contributed by atoms with Gasteiger partial charge in [-0.05, 0) is 31.6 Å². The molecule has 0 aliphatic carbocycles. The Morgan fingerprint density at radius 3 is 2.80 bits per heavy atom. The second-order valence-corrected chi connectivity index (χ2v) is 7.14. The lowest BCUT2D eigenvalue weighted by atomic mass is 9.95. The van der Waals surface area contributed by atoms with Gasteiger partial charge in [-0.1, -0.05) is 0 Å². The number of ether oxygens (including phenoxy) is 1. The molecule has 2 aliphatic rings. The van der Waals surface area contributed by atoms with Crippen LogP contribution in [0.15, 0.2) is 12.4 Å². The molecule has 0 bridgehead atoms. The molecule has 0 radical (unpaired) electrons. The number of hydrogen-bond acceptors (Lipinski definition) is 6. The standard InChI is InChI=1S/C18H29N5O2/c1-14(24)23-7-3-4-15(12-23)11-22-8-5-16(6-9-22)21-17-10-18(25-2)20-13-19-17/h10,13,15-16H,3-9,11-12H2,1-2H3,(H,19,20,21). The first-order valence-corrected chi connectivity index (χ1v) is 9.24. The van der Waals surface area contributed by atoms with Crippen molar-refractivity contribution >= 4 is 11.7 Å². The summed E-state index contributed by atoms with van der Waals surface area (Å²) in [7, 11) is 1.61. The molecule has 1 atom stereocenters. The number of carbonyl (C=O) groups excluding carboxylic acids is 1. The van der Waals surface area contributed by atoms with Crippen LogP contribution in [-0.2, 0) is 4.79 Å². The van der Waals surface area contributed by atoms with E-state index in [0.29, 0.717) is 17.8 Å². The summed E-state index contributed by atoms with van der Waals surface area (Å²) in [5.41, 5.74) is 0. The third-order valence-corrected chi connectivity index (χ3v) is 5.27. The number of nitrogens with zero attached hydrogens (tertiary/aromatic N) is 4. The molecule has 1 N–H and O–H groups in total. The SMILES string of the molecule is COc1cc(NC2CCN(CC3CCCN(C(C)=O)C3)CC2)ncn1. The Balaban J connectivity index is 1.43. The first kappa shape index (κ1) is 17.9. The van der Waals surface area contributed by atoms with Gasteiger partial charge in [0.05, 0.1) is 7.11 Å². The molecule has 3 rings (SSSR count). The number of nitrogens with one attached hydrogen (secondary N) is 1. The third-order valence-electron chi connectivity index (χ3n) is 5.27. The highest BCUT2D eigenvalue weighted by molar-refractivity contribution is 5.73. The summed E-state index contributed by atoms with van der Waals surface area (Å²) in [6.07, 6.45) is 6.12. The molecular weight excluding hydrogens is 318 g/mol. The Labute approximate surface area is 149 Å². The molecule has 2 saturated heterocycles. The van der Waals surface area contributed by atoms with Crippen molar-refractivity contribution in [3.05, 3.63) is 12.4 Å². The van der Waals surface area contributed by atoms with Gasteiger partial charge in [0, 0.05) is 51.8 Å². The molecule has 0 aromatic carbocycles. The van der Waals surface area contributed by atoms with Crippen LogP contribution in [0.5, 0.6) is 5.88 Å². The van der Waals surface area contributed by atoms with Gasteiger partial charge in [-0.25, -0.2) is 9.97 Å². The van der Waals surface area contributed by atoms with Crippen LogP contribution in [0, 0.1) is 5.92 Å². The van der Waals surface area contributed by atoms with E-state index >= 15 is 0 Å². The predicted octanol–water partition coefficient (Wildman–Crippen LogP) is 1.62. The molecule has 7 heteroatoms. The first-order chi connectivity index (χ1) is 12.1. The Morgan fingerprint density at radius 1 is 1.28 bits per heavy atom. The lowest BCUT2D eigenvalue weighted by Gasteiger charge is -2.38. The maximum atomic E-state index is 11.6. The average molecular weight is 347 g/mol. The maximum absolute atomic E-state index is 11.6. The van der Waals surface area contributed by atoms with Crippen LogP contribution in [-0.4, -0.2) is 71.6 Å². The van der Waals surface area contributed by atoms with Gasteiger partial charge in [-0.15, -0.1) is 0 Å². The van der Waals surface area contributed by atoms with Crippen LogP contribution in [0.4, 0.5) is 5.82 Å². The van der Waals surface area contributed by atoms with Crippen LogP contribution in [0.3, 0.4) is 0 Å². The quantitative estimate of drug-likeness (QED) is 0.873. The lowest BCUT2D eigenvalue weighted by molar-refractivity contribution is -0.130. The number of amides is 1. The van der Waals surface area contributed by atoms with E-state index in [9.17, 15) is 4.79 Å². The van der Waals surface area contributed by atoms with Crippen molar-refractivity contribution < 1.29 is 9.53 Å². The lowest BCUT2D eigenvalue weighted by Crippen LogP contribution is -2.46. The maximum Gasteiger partial charge on any atom is 0.219 e. The molecule has 1 unspecified atom stereocenters. The molecule has 0 spiro atoms. The number of likely N-dealkylation sites (tertiary alicyclic amines) is 2. The zero-order valence-electron chi connectivity index (χ0n) is 15.3. The highest BCUT2D eigenvalue weighted by Gasteiger charge is 2.26. The number of rotatable bonds is 5. The van der Waals surface area contributed by atoms with E-state index in [1.807, 2.05) is 11.0 Å². The summed E-state index contributed by atoms with van der Waals surface area (Å²) in [4.78, 5) is 24.4. The summed E-state index contributed by atoms with van der Waals surface area (Å²) < 4.78 is 5.14. The molecule has 2 aliphatic heterocycles. The minimum absolute atomic E-state index is 0.216. The highest BCUT2D eigenvalue weighted by atomic mass is 16.5. The van der Waals surface area contributed by atoms with Crippen molar-refractivity contribution in [3.63, 3.8) is 0 Å². The molecule has 3 heterocycles. The fraction of sp³-hybridized carbons (Fsp3) is 0.722. The molecule has 1 amide bonds. The molecule has 7 nitrogen and oxygen atoms in total. The number of carbonyl (C=O) groups is 1. The molecule has 25 heavy (non-hydrogen) atoms. The van der Waals surface area contributed by atoms with Gasteiger partial charge < -0.3 is 19.9 Å². The van der Waals surface area contributed by atoms with Crippen LogP contribution < -0.4 is 10.1 Å². The smallest absolute Gasteiger partial charge is 0.219 e. The molecular formula is C18H29N5O2. The molecule has 2 fully saturated rings. The second-order valence-electron chi connectivity index (χ2n) is 7.14. The minimum Gasteiger partial charge on any atom is -0.481 e. The van der Waals surface area contributed by atoms with Gasteiger partial charge in [0.2, 0.25) is 11.8 Å². The van der Waals surface area contributed by atoms with Crippen molar-refractivity contribution in [2.45, 2.75) is 38.6 Å². The van der Waals surface area contributed by atoms with Crippen molar-refractivity contribution in [1.29, 1.82) is 0 Å². The number of piperidine rings is 2. The Kier molecular flexibility index (Phi) is 6.07. The summed E-state index contributed by atoms with van der Waals surface area (Å²) in [5.74, 6) is 2.25.